The average Bonchev–Trinajstić information content (AvgIpc) is 2.47. The van der Waals surface area contributed by atoms with Crippen molar-refractivity contribution in [2.45, 2.75) is 32.3 Å². The maximum atomic E-state index is 12.6. The van der Waals surface area contributed by atoms with Crippen molar-refractivity contribution in [1.29, 1.82) is 0 Å². The third-order valence-corrected chi connectivity index (χ3v) is 3.73. The molecule has 0 radical (unpaired) electrons. The van der Waals surface area contributed by atoms with Gasteiger partial charge in [0.1, 0.15) is 6.10 Å². The fourth-order valence-corrected chi connectivity index (χ4v) is 2.48. The molecule has 2 N–H and O–H groups in total. The second-order valence-electron chi connectivity index (χ2n) is 5.21. The molecule has 1 aliphatic rings. The summed E-state index contributed by atoms with van der Waals surface area (Å²) in [6, 6.07) is 4.76. The van der Waals surface area contributed by atoms with Crippen LogP contribution in [-0.2, 0) is 4.79 Å². The molecule has 5 nitrogen and oxygen atoms in total. The molecule has 0 aliphatic carbocycles. The summed E-state index contributed by atoms with van der Waals surface area (Å²) in [7, 11) is 0. The van der Waals surface area contributed by atoms with Crippen molar-refractivity contribution in [1.82, 2.24) is 4.90 Å². The molecule has 0 saturated carbocycles. The number of piperidine rings is 1. The molecule has 2 amide bonds. The van der Waals surface area contributed by atoms with E-state index in [0.717, 1.165) is 32.4 Å². The zero-order valence-electron chi connectivity index (χ0n) is 11.9. The van der Waals surface area contributed by atoms with Gasteiger partial charge in [-0.3, -0.25) is 9.59 Å². The minimum atomic E-state index is -1.15. The predicted octanol–water partition coefficient (Wildman–Crippen LogP) is 2.29. The first-order chi connectivity index (χ1) is 9.99. The number of nitrogens with one attached hydrogen (secondary N) is 1. The number of halogens is 1. The number of carbonyl (C=O) groups excluding carboxylic acids is 2. The van der Waals surface area contributed by atoms with Crippen LogP contribution in [-0.4, -0.2) is 41.0 Å². The first kappa shape index (κ1) is 15.8. The predicted molar refractivity (Wildman–Crippen MR) is 81.5 cm³/mol. The maximum Gasteiger partial charge on any atom is 0.255 e. The molecule has 0 bridgehead atoms. The van der Waals surface area contributed by atoms with Crippen molar-refractivity contribution in [3.63, 3.8) is 0 Å². The summed E-state index contributed by atoms with van der Waals surface area (Å²) in [5.41, 5.74) is 0.735. The van der Waals surface area contributed by atoms with Crippen molar-refractivity contribution < 1.29 is 14.7 Å². The maximum absolute atomic E-state index is 12.6. The Morgan fingerprint density at radius 1 is 1.29 bits per heavy atom. The molecule has 1 aromatic rings. The van der Waals surface area contributed by atoms with Gasteiger partial charge in [-0.1, -0.05) is 11.6 Å². The van der Waals surface area contributed by atoms with Crippen LogP contribution in [0.3, 0.4) is 0 Å². The zero-order valence-corrected chi connectivity index (χ0v) is 12.7. The summed E-state index contributed by atoms with van der Waals surface area (Å²) in [5, 5.41) is 12.3. The third-order valence-electron chi connectivity index (χ3n) is 3.49. The first-order valence-corrected chi connectivity index (χ1v) is 7.44. The van der Waals surface area contributed by atoms with Crippen molar-refractivity contribution in [2.75, 3.05) is 18.4 Å². The molecule has 1 aromatic carbocycles. The summed E-state index contributed by atoms with van der Waals surface area (Å²) in [5.74, 6) is -0.683. The fourth-order valence-electron chi connectivity index (χ4n) is 2.31. The lowest BCUT2D eigenvalue weighted by Gasteiger charge is -2.27. The average molecular weight is 311 g/mol. The highest BCUT2D eigenvalue weighted by molar-refractivity contribution is 6.31. The van der Waals surface area contributed by atoms with E-state index in [1.165, 1.54) is 13.0 Å². The van der Waals surface area contributed by atoms with Crippen LogP contribution in [0.15, 0.2) is 18.2 Å². The van der Waals surface area contributed by atoms with Gasteiger partial charge in [0.15, 0.2) is 0 Å². The van der Waals surface area contributed by atoms with Crippen molar-refractivity contribution in [3.8, 4) is 0 Å². The molecule has 6 heteroatoms. The number of benzene rings is 1. The van der Waals surface area contributed by atoms with Crippen LogP contribution in [0.4, 0.5) is 5.69 Å². The van der Waals surface area contributed by atoms with Gasteiger partial charge < -0.3 is 15.3 Å². The number of likely N-dealkylation sites (tertiary alicyclic amines) is 1. The molecule has 0 aromatic heterocycles. The number of aliphatic hydroxyl groups excluding tert-OH is 1. The van der Waals surface area contributed by atoms with Gasteiger partial charge >= 0.3 is 0 Å². The Morgan fingerprint density at radius 2 is 1.95 bits per heavy atom. The van der Waals surface area contributed by atoms with E-state index in [0.29, 0.717) is 16.3 Å². The lowest BCUT2D eigenvalue weighted by atomic mass is 10.1. The number of nitrogens with zero attached hydrogens (tertiary/aromatic N) is 1. The lowest BCUT2D eigenvalue weighted by molar-refractivity contribution is -0.123. The second-order valence-corrected chi connectivity index (χ2v) is 5.64. The Morgan fingerprint density at radius 3 is 2.57 bits per heavy atom. The monoisotopic (exact) mass is 310 g/mol. The van der Waals surface area contributed by atoms with Crippen LogP contribution in [0.25, 0.3) is 0 Å². The Balaban J connectivity index is 2.25. The number of hydrogen-bond donors (Lipinski definition) is 2. The molecule has 2 rings (SSSR count). The van der Waals surface area contributed by atoms with E-state index in [1.54, 1.807) is 17.0 Å². The van der Waals surface area contributed by atoms with Crippen LogP contribution in [0.5, 0.6) is 0 Å². The molecular formula is C15H19ClN2O3. The van der Waals surface area contributed by atoms with E-state index in [4.69, 9.17) is 11.6 Å². The van der Waals surface area contributed by atoms with Crippen LogP contribution >= 0.6 is 11.6 Å². The fraction of sp³-hybridized carbons (Fsp3) is 0.467. The molecule has 1 atom stereocenters. The first-order valence-electron chi connectivity index (χ1n) is 7.07. The van der Waals surface area contributed by atoms with Gasteiger partial charge in [-0.2, -0.15) is 0 Å². The standard InChI is InChI=1S/C15H19ClN2O3/c1-10(19)14(20)17-13-9-11(16)5-6-12(13)15(21)18-7-3-2-4-8-18/h5-6,9-10,19H,2-4,7-8H2,1H3,(H,17,20). The molecule has 114 valence electrons. The van der Waals surface area contributed by atoms with Crippen LogP contribution < -0.4 is 5.32 Å². The number of amides is 2. The van der Waals surface area contributed by atoms with Crippen LogP contribution in [0, 0.1) is 0 Å². The molecular weight excluding hydrogens is 292 g/mol. The van der Waals surface area contributed by atoms with Gasteiger partial charge in [-0.25, -0.2) is 0 Å². The molecule has 21 heavy (non-hydrogen) atoms. The van der Waals surface area contributed by atoms with Gasteiger partial charge in [-0.05, 0) is 44.4 Å². The van der Waals surface area contributed by atoms with E-state index in [-0.39, 0.29) is 5.91 Å². The van der Waals surface area contributed by atoms with Gasteiger partial charge in [0, 0.05) is 18.1 Å². The highest BCUT2D eigenvalue weighted by Gasteiger charge is 2.22. The Kier molecular flexibility index (Phi) is 5.20. The van der Waals surface area contributed by atoms with Crippen molar-refractivity contribution in [3.05, 3.63) is 28.8 Å². The highest BCUT2D eigenvalue weighted by atomic mass is 35.5. The molecule has 1 saturated heterocycles. The Hall–Kier alpha value is -1.59. The largest absolute Gasteiger partial charge is 0.384 e. The minimum Gasteiger partial charge on any atom is -0.384 e. The van der Waals surface area contributed by atoms with E-state index in [1.807, 2.05) is 0 Å². The number of rotatable bonds is 3. The minimum absolute atomic E-state index is 0.118. The quantitative estimate of drug-likeness (QED) is 0.900. The SMILES string of the molecule is CC(O)C(=O)Nc1cc(Cl)ccc1C(=O)N1CCCCC1. The number of aliphatic hydroxyl groups is 1. The number of anilines is 1. The second kappa shape index (κ2) is 6.91. The van der Waals surface area contributed by atoms with Gasteiger partial charge in [0.05, 0.1) is 11.3 Å². The third kappa shape index (κ3) is 3.95. The zero-order chi connectivity index (χ0) is 15.4. The molecule has 0 spiro atoms. The number of hydrogen-bond acceptors (Lipinski definition) is 3. The lowest BCUT2D eigenvalue weighted by Crippen LogP contribution is -2.36. The number of carbonyl (C=O) groups is 2. The summed E-state index contributed by atoms with van der Waals surface area (Å²) in [6.07, 6.45) is 1.97. The molecule has 1 fully saturated rings. The van der Waals surface area contributed by atoms with E-state index in [2.05, 4.69) is 5.32 Å². The normalized spacial score (nSPS) is 16.4. The Labute approximate surface area is 128 Å². The van der Waals surface area contributed by atoms with Crippen LogP contribution in [0.2, 0.25) is 5.02 Å². The summed E-state index contributed by atoms with van der Waals surface area (Å²) >= 11 is 5.93. The molecule has 1 heterocycles. The van der Waals surface area contributed by atoms with E-state index in [9.17, 15) is 14.7 Å². The molecule has 1 aliphatic heterocycles. The van der Waals surface area contributed by atoms with Gasteiger partial charge in [0.2, 0.25) is 0 Å². The summed E-state index contributed by atoms with van der Waals surface area (Å²) in [6.45, 7) is 2.82. The topological polar surface area (TPSA) is 69.6 Å². The summed E-state index contributed by atoms with van der Waals surface area (Å²) in [4.78, 5) is 26.0. The smallest absolute Gasteiger partial charge is 0.255 e. The van der Waals surface area contributed by atoms with Gasteiger partial charge in [0.25, 0.3) is 11.8 Å². The molecule has 1 unspecified atom stereocenters. The van der Waals surface area contributed by atoms with E-state index < -0.39 is 12.0 Å². The summed E-state index contributed by atoms with van der Waals surface area (Å²) < 4.78 is 0. The van der Waals surface area contributed by atoms with Crippen molar-refractivity contribution >= 4 is 29.1 Å². The van der Waals surface area contributed by atoms with Crippen LogP contribution in [0.1, 0.15) is 36.5 Å². The van der Waals surface area contributed by atoms with Crippen molar-refractivity contribution in [2.24, 2.45) is 0 Å². The Bertz CT molecular complexity index is 540. The highest BCUT2D eigenvalue weighted by Crippen LogP contribution is 2.24. The van der Waals surface area contributed by atoms with E-state index >= 15 is 0 Å². The van der Waals surface area contributed by atoms with Gasteiger partial charge in [-0.15, -0.1) is 0 Å².